The van der Waals surface area contributed by atoms with E-state index >= 15 is 0 Å². The fourth-order valence-corrected chi connectivity index (χ4v) is 4.01. The van der Waals surface area contributed by atoms with Gasteiger partial charge < -0.3 is 26.6 Å². The van der Waals surface area contributed by atoms with E-state index in [2.05, 4.69) is 20.1 Å². The molecule has 8 heteroatoms. The van der Waals surface area contributed by atoms with Gasteiger partial charge in [0, 0.05) is 44.0 Å². The van der Waals surface area contributed by atoms with Crippen molar-refractivity contribution in [3.63, 3.8) is 0 Å². The monoisotopic (exact) mass is 395 g/mol. The number of nitrogens with one attached hydrogen (secondary N) is 1. The highest BCUT2D eigenvalue weighted by molar-refractivity contribution is 5.88. The van der Waals surface area contributed by atoms with Crippen molar-refractivity contribution < 1.29 is 4.79 Å². The molecule has 0 unspecified atom stereocenters. The third kappa shape index (κ3) is 4.49. The van der Waals surface area contributed by atoms with Crippen molar-refractivity contribution in [2.75, 3.05) is 41.3 Å². The number of nitrogens with zero attached hydrogens (tertiary/aromatic N) is 4. The van der Waals surface area contributed by atoms with Crippen LogP contribution in [0.4, 0.5) is 23.1 Å². The van der Waals surface area contributed by atoms with Crippen LogP contribution in [-0.4, -0.2) is 54.5 Å². The summed E-state index contributed by atoms with van der Waals surface area (Å²) in [7, 11) is 0. The summed E-state index contributed by atoms with van der Waals surface area (Å²) in [6.07, 6.45) is 4.44. The lowest BCUT2D eigenvalue weighted by molar-refractivity contribution is 0.111. The molecule has 0 atom stereocenters. The van der Waals surface area contributed by atoms with E-state index in [1.165, 1.54) is 0 Å². The van der Waals surface area contributed by atoms with Crippen molar-refractivity contribution >= 4 is 29.4 Å². The molecule has 0 radical (unpaired) electrons. The average Bonchev–Trinajstić information content (AvgIpc) is 2.75. The number of benzene rings is 1. The lowest BCUT2D eigenvalue weighted by atomic mass is 10.0. The van der Waals surface area contributed by atoms with Crippen LogP contribution in [0, 0.1) is 0 Å². The molecule has 1 aromatic carbocycles. The van der Waals surface area contributed by atoms with Gasteiger partial charge in [0.1, 0.15) is 11.4 Å². The Balaban J connectivity index is 1.72. The molecule has 2 aliphatic heterocycles. The predicted octanol–water partition coefficient (Wildman–Crippen LogP) is 1.89. The fourth-order valence-electron chi connectivity index (χ4n) is 4.01. The Morgan fingerprint density at radius 2 is 1.48 bits per heavy atom. The summed E-state index contributed by atoms with van der Waals surface area (Å²) in [4.78, 5) is 25.9. The van der Waals surface area contributed by atoms with Gasteiger partial charge in [-0.3, -0.25) is 4.79 Å². The number of aromatic nitrogens is 2. The Hall–Kier alpha value is -2.71. The summed E-state index contributed by atoms with van der Waals surface area (Å²) in [5.41, 5.74) is 14.3. The molecular weight excluding hydrogens is 366 g/mol. The van der Waals surface area contributed by atoms with Crippen LogP contribution in [0.1, 0.15) is 36.2 Å². The van der Waals surface area contributed by atoms with Gasteiger partial charge in [0.15, 0.2) is 12.1 Å². The van der Waals surface area contributed by atoms with Gasteiger partial charge in [0.25, 0.3) is 0 Å². The fraction of sp³-hybridized carbons (Fsp3) is 0.476. The molecule has 1 aromatic heterocycles. The van der Waals surface area contributed by atoms with Crippen molar-refractivity contribution in [3.05, 3.63) is 36.0 Å². The summed E-state index contributed by atoms with van der Waals surface area (Å²) in [5.74, 6) is 1.24. The number of piperidine rings is 2. The maximum Gasteiger partial charge on any atom is 0.229 e. The standard InChI is InChI=1S/C21H29N7O/c22-15-6-10-27(11-7-15)19-18(14-29)25-21(24-17-4-2-1-3-5-17)26-20(19)28-12-8-16(23)9-13-28/h1-5,14-16H,6-13,22-23H2,(H,24,25,26). The van der Waals surface area contributed by atoms with Gasteiger partial charge in [-0.1, -0.05) is 18.2 Å². The quantitative estimate of drug-likeness (QED) is 0.658. The number of carbonyl (C=O) groups excluding carboxylic acids is 1. The van der Waals surface area contributed by atoms with E-state index in [0.29, 0.717) is 11.6 Å². The molecule has 2 aliphatic rings. The van der Waals surface area contributed by atoms with Gasteiger partial charge in [-0.2, -0.15) is 4.98 Å². The molecule has 2 aromatic rings. The van der Waals surface area contributed by atoms with E-state index in [9.17, 15) is 4.79 Å². The van der Waals surface area contributed by atoms with Crippen molar-refractivity contribution in [1.29, 1.82) is 0 Å². The molecule has 8 nitrogen and oxygen atoms in total. The molecule has 3 heterocycles. The lowest BCUT2D eigenvalue weighted by Gasteiger charge is -2.37. The number of hydrogen-bond donors (Lipinski definition) is 3. The maximum absolute atomic E-state index is 12.0. The first kappa shape index (κ1) is 19.6. The minimum absolute atomic E-state index is 0.210. The molecule has 2 fully saturated rings. The topological polar surface area (TPSA) is 113 Å². The molecule has 0 aliphatic carbocycles. The zero-order chi connectivity index (χ0) is 20.2. The third-order valence-corrected chi connectivity index (χ3v) is 5.73. The number of carbonyl (C=O) groups is 1. The Bertz CT molecular complexity index is 828. The number of anilines is 4. The van der Waals surface area contributed by atoms with Gasteiger partial charge >= 0.3 is 0 Å². The van der Waals surface area contributed by atoms with E-state index in [0.717, 1.165) is 75.3 Å². The lowest BCUT2D eigenvalue weighted by Crippen LogP contribution is -2.43. The van der Waals surface area contributed by atoms with Gasteiger partial charge in [0.2, 0.25) is 5.95 Å². The van der Waals surface area contributed by atoms with Crippen molar-refractivity contribution in [2.45, 2.75) is 37.8 Å². The van der Waals surface area contributed by atoms with Crippen LogP contribution in [0.15, 0.2) is 30.3 Å². The number of aldehydes is 1. The normalized spacial score (nSPS) is 18.7. The van der Waals surface area contributed by atoms with Gasteiger partial charge in [-0.05, 0) is 37.8 Å². The Morgan fingerprint density at radius 3 is 2.07 bits per heavy atom. The van der Waals surface area contributed by atoms with Crippen LogP contribution in [0.5, 0.6) is 0 Å². The number of nitrogens with two attached hydrogens (primary N) is 2. The SMILES string of the molecule is NC1CCN(c2nc(Nc3ccccc3)nc(C=O)c2N2CCC(N)CC2)CC1. The van der Waals surface area contributed by atoms with Crippen molar-refractivity contribution in [3.8, 4) is 0 Å². The first-order valence-corrected chi connectivity index (χ1v) is 10.3. The van der Waals surface area contributed by atoms with Gasteiger partial charge in [-0.25, -0.2) is 4.98 Å². The Kier molecular flexibility index (Phi) is 5.92. The molecule has 0 saturated carbocycles. The average molecular weight is 396 g/mol. The summed E-state index contributed by atoms with van der Waals surface area (Å²) in [6, 6.07) is 10.2. The van der Waals surface area contributed by atoms with Crippen LogP contribution in [-0.2, 0) is 0 Å². The molecule has 4 rings (SSSR count). The number of hydrogen-bond acceptors (Lipinski definition) is 8. The second kappa shape index (κ2) is 8.75. The zero-order valence-corrected chi connectivity index (χ0v) is 16.6. The second-order valence-electron chi connectivity index (χ2n) is 7.86. The molecule has 154 valence electrons. The largest absolute Gasteiger partial charge is 0.367 e. The zero-order valence-electron chi connectivity index (χ0n) is 16.6. The van der Waals surface area contributed by atoms with Crippen molar-refractivity contribution in [1.82, 2.24) is 9.97 Å². The Morgan fingerprint density at radius 1 is 0.897 bits per heavy atom. The third-order valence-electron chi connectivity index (χ3n) is 5.73. The summed E-state index contributed by atoms with van der Waals surface area (Å²) in [5, 5.41) is 3.23. The summed E-state index contributed by atoms with van der Waals surface area (Å²) < 4.78 is 0. The Labute approximate surface area is 171 Å². The van der Waals surface area contributed by atoms with E-state index in [4.69, 9.17) is 16.5 Å². The smallest absolute Gasteiger partial charge is 0.229 e. The summed E-state index contributed by atoms with van der Waals surface area (Å²) >= 11 is 0. The minimum Gasteiger partial charge on any atom is -0.367 e. The van der Waals surface area contributed by atoms with Crippen molar-refractivity contribution in [2.24, 2.45) is 11.5 Å². The van der Waals surface area contributed by atoms with E-state index in [1.54, 1.807) is 0 Å². The number of para-hydroxylation sites is 1. The van der Waals surface area contributed by atoms with Crippen LogP contribution < -0.4 is 26.6 Å². The first-order chi connectivity index (χ1) is 14.1. The second-order valence-corrected chi connectivity index (χ2v) is 7.86. The highest BCUT2D eigenvalue weighted by Crippen LogP contribution is 2.34. The van der Waals surface area contributed by atoms with Crippen LogP contribution in [0.25, 0.3) is 0 Å². The van der Waals surface area contributed by atoms with E-state index in [-0.39, 0.29) is 12.1 Å². The molecular formula is C21H29N7O. The highest BCUT2D eigenvalue weighted by atomic mass is 16.1. The van der Waals surface area contributed by atoms with Crippen LogP contribution in [0.2, 0.25) is 0 Å². The van der Waals surface area contributed by atoms with Gasteiger partial charge in [0.05, 0.1) is 0 Å². The molecule has 29 heavy (non-hydrogen) atoms. The molecule has 0 spiro atoms. The first-order valence-electron chi connectivity index (χ1n) is 10.3. The van der Waals surface area contributed by atoms with Crippen LogP contribution >= 0.6 is 0 Å². The number of rotatable bonds is 5. The minimum atomic E-state index is 0.210. The predicted molar refractivity (Wildman–Crippen MR) is 116 cm³/mol. The molecule has 0 amide bonds. The molecule has 0 bridgehead atoms. The van der Waals surface area contributed by atoms with Crippen LogP contribution in [0.3, 0.4) is 0 Å². The van der Waals surface area contributed by atoms with E-state index < -0.39 is 0 Å². The van der Waals surface area contributed by atoms with Gasteiger partial charge in [-0.15, -0.1) is 0 Å². The molecule has 2 saturated heterocycles. The van der Waals surface area contributed by atoms with E-state index in [1.807, 2.05) is 30.3 Å². The summed E-state index contributed by atoms with van der Waals surface area (Å²) in [6.45, 7) is 3.25. The molecule has 5 N–H and O–H groups in total. The highest BCUT2D eigenvalue weighted by Gasteiger charge is 2.28. The maximum atomic E-state index is 12.0.